The Hall–Kier alpha value is -2.13. The maximum Gasteiger partial charge on any atom is 0.451 e. The molecule has 6 nitrogen and oxygen atoms in total. The maximum absolute atomic E-state index is 12.9. The SMILES string of the molecule is CC(N)(C(=O)N1CCn2c(nnc2C(F)(F)F)C1)c1ccccc1.Cl. The number of alkyl halides is 3. The van der Waals surface area contributed by atoms with Gasteiger partial charge >= 0.3 is 6.18 Å². The van der Waals surface area contributed by atoms with Crippen molar-refractivity contribution < 1.29 is 18.0 Å². The minimum atomic E-state index is -4.57. The van der Waals surface area contributed by atoms with Gasteiger partial charge in [-0.25, -0.2) is 0 Å². The molecule has 1 unspecified atom stereocenters. The van der Waals surface area contributed by atoms with Crippen LogP contribution in [-0.4, -0.2) is 32.1 Å². The second-order valence-corrected chi connectivity index (χ2v) is 5.88. The Morgan fingerprint density at radius 2 is 1.80 bits per heavy atom. The fourth-order valence-corrected chi connectivity index (χ4v) is 2.78. The lowest BCUT2D eigenvalue weighted by molar-refractivity contribution is -0.148. The highest BCUT2D eigenvalue weighted by molar-refractivity contribution is 5.87. The Morgan fingerprint density at radius 3 is 2.40 bits per heavy atom. The van der Waals surface area contributed by atoms with E-state index in [-0.39, 0.29) is 43.8 Å². The van der Waals surface area contributed by atoms with E-state index in [9.17, 15) is 18.0 Å². The fraction of sp³-hybridized carbons (Fsp3) is 0.400. The number of amides is 1. The summed E-state index contributed by atoms with van der Waals surface area (Å²) in [5.74, 6) is -1.30. The molecule has 0 bridgehead atoms. The van der Waals surface area contributed by atoms with E-state index in [1.54, 1.807) is 31.2 Å². The number of aromatic nitrogens is 3. The number of nitrogens with two attached hydrogens (primary N) is 1. The normalized spacial score (nSPS) is 16.6. The van der Waals surface area contributed by atoms with Crippen LogP contribution in [0.1, 0.15) is 24.1 Å². The summed E-state index contributed by atoms with van der Waals surface area (Å²) >= 11 is 0. The zero-order chi connectivity index (χ0) is 17.5. The predicted molar refractivity (Wildman–Crippen MR) is 85.7 cm³/mol. The van der Waals surface area contributed by atoms with Crippen molar-refractivity contribution in [2.45, 2.75) is 31.7 Å². The van der Waals surface area contributed by atoms with Crippen LogP contribution in [0.2, 0.25) is 0 Å². The van der Waals surface area contributed by atoms with Crippen molar-refractivity contribution in [1.82, 2.24) is 19.7 Å². The average Bonchev–Trinajstić information content (AvgIpc) is 2.98. The second kappa shape index (κ2) is 6.64. The summed E-state index contributed by atoms with van der Waals surface area (Å²) < 4.78 is 39.6. The molecule has 0 spiro atoms. The highest BCUT2D eigenvalue weighted by Crippen LogP contribution is 2.30. The molecule has 1 aliphatic heterocycles. The van der Waals surface area contributed by atoms with Gasteiger partial charge in [0.1, 0.15) is 5.54 Å². The van der Waals surface area contributed by atoms with Gasteiger partial charge in [0.25, 0.3) is 0 Å². The van der Waals surface area contributed by atoms with E-state index >= 15 is 0 Å². The summed E-state index contributed by atoms with van der Waals surface area (Å²) in [5.41, 5.74) is 5.56. The van der Waals surface area contributed by atoms with E-state index in [2.05, 4.69) is 10.2 Å². The molecule has 0 fully saturated rings. The number of carbonyl (C=O) groups excluding carboxylic acids is 1. The number of hydrogen-bond donors (Lipinski definition) is 1. The Labute approximate surface area is 148 Å². The lowest BCUT2D eigenvalue weighted by Gasteiger charge is -2.34. The van der Waals surface area contributed by atoms with Crippen molar-refractivity contribution in [2.24, 2.45) is 5.73 Å². The largest absolute Gasteiger partial charge is 0.451 e. The smallest absolute Gasteiger partial charge is 0.331 e. The minimum Gasteiger partial charge on any atom is -0.331 e. The van der Waals surface area contributed by atoms with Crippen molar-refractivity contribution in [2.75, 3.05) is 6.54 Å². The molecular formula is C15H17ClF3N5O. The van der Waals surface area contributed by atoms with Gasteiger partial charge in [0.05, 0.1) is 6.54 Å². The van der Waals surface area contributed by atoms with Gasteiger partial charge in [-0.2, -0.15) is 13.2 Å². The molecule has 1 atom stereocenters. The van der Waals surface area contributed by atoms with Crippen molar-refractivity contribution in [3.05, 3.63) is 47.5 Å². The van der Waals surface area contributed by atoms with E-state index in [1.165, 1.54) is 4.90 Å². The van der Waals surface area contributed by atoms with E-state index in [0.29, 0.717) is 5.56 Å². The van der Waals surface area contributed by atoms with Gasteiger partial charge in [-0.1, -0.05) is 30.3 Å². The van der Waals surface area contributed by atoms with E-state index in [0.717, 1.165) is 4.57 Å². The summed E-state index contributed by atoms with van der Waals surface area (Å²) in [6.07, 6.45) is -4.57. The summed E-state index contributed by atoms with van der Waals surface area (Å²) in [6, 6.07) is 8.84. The molecule has 1 amide bonds. The molecule has 0 radical (unpaired) electrons. The van der Waals surface area contributed by atoms with Crippen LogP contribution in [-0.2, 0) is 29.6 Å². The summed E-state index contributed by atoms with van der Waals surface area (Å²) in [4.78, 5) is 14.2. The van der Waals surface area contributed by atoms with Crippen LogP contribution in [0.3, 0.4) is 0 Å². The van der Waals surface area contributed by atoms with Crippen molar-refractivity contribution >= 4 is 18.3 Å². The van der Waals surface area contributed by atoms with Crippen LogP contribution in [0.4, 0.5) is 13.2 Å². The number of carbonyl (C=O) groups is 1. The number of rotatable bonds is 2. The zero-order valence-electron chi connectivity index (χ0n) is 13.3. The Balaban J connectivity index is 0.00000225. The van der Waals surface area contributed by atoms with Crippen LogP contribution in [0.5, 0.6) is 0 Å². The van der Waals surface area contributed by atoms with Gasteiger partial charge in [0, 0.05) is 13.1 Å². The molecule has 1 aliphatic rings. The number of hydrogen-bond acceptors (Lipinski definition) is 4. The second-order valence-electron chi connectivity index (χ2n) is 5.88. The standard InChI is InChI=1S/C15H16F3N5O.ClH/c1-14(19,10-5-3-2-4-6-10)13(24)22-7-8-23-11(9-22)20-21-12(23)15(16,17)18;/h2-6H,7-9,19H2,1H3;1H. The molecule has 0 saturated carbocycles. The molecule has 136 valence electrons. The number of halogens is 4. The van der Waals surface area contributed by atoms with E-state index < -0.39 is 17.5 Å². The summed E-state index contributed by atoms with van der Waals surface area (Å²) in [7, 11) is 0. The third-order valence-corrected chi connectivity index (χ3v) is 4.11. The Morgan fingerprint density at radius 1 is 1.16 bits per heavy atom. The fourth-order valence-electron chi connectivity index (χ4n) is 2.78. The number of nitrogens with zero attached hydrogens (tertiary/aromatic N) is 4. The van der Waals surface area contributed by atoms with Crippen molar-refractivity contribution in [3.8, 4) is 0 Å². The quantitative estimate of drug-likeness (QED) is 0.870. The molecule has 1 aromatic carbocycles. The first-order chi connectivity index (χ1) is 11.2. The topological polar surface area (TPSA) is 77.0 Å². The molecule has 2 heterocycles. The molecule has 10 heteroatoms. The molecule has 0 saturated heterocycles. The molecule has 2 N–H and O–H groups in total. The molecule has 0 aliphatic carbocycles. The maximum atomic E-state index is 12.9. The minimum absolute atomic E-state index is 0. The van der Waals surface area contributed by atoms with Crippen molar-refractivity contribution in [1.29, 1.82) is 0 Å². The van der Waals surface area contributed by atoms with Gasteiger partial charge in [-0.05, 0) is 12.5 Å². The molecule has 25 heavy (non-hydrogen) atoms. The van der Waals surface area contributed by atoms with Crippen LogP contribution in [0, 0.1) is 0 Å². The number of benzene rings is 1. The first kappa shape index (κ1) is 19.2. The number of fused-ring (bicyclic) bond motifs is 1. The van der Waals surface area contributed by atoms with Gasteiger partial charge in [0.15, 0.2) is 5.82 Å². The highest BCUT2D eigenvalue weighted by atomic mass is 35.5. The average molecular weight is 376 g/mol. The summed E-state index contributed by atoms with van der Waals surface area (Å²) in [6.45, 7) is 1.63. The van der Waals surface area contributed by atoms with Gasteiger partial charge in [-0.15, -0.1) is 22.6 Å². The lowest BCUT2D eigenvalue weighted by Crippen LogP contribution is -2.52. The summed E-state index contributed by atoms with van der Waals surface area (Å²) in [5, 5.41) is 6.77. The third-order valence-electron chi connectivity index (χ3n) is 4.11. The first-order valence-electron chi connectivity index (χ1n) is 7.34. The Kier molecular flexibility index (Phi) is 5.10. The van der Waals surface area contributed by atoms with Crippen molar-refractivity contribution in [3.63, 3.8) is 0 Å². The molecule has 1 aromatic heterocycles. The lowest BCUT2D eigenvalue weighted by atomic mass is 9.91. The van der Waals surface area contributed by atoms with Crippen LogP contribution in [0.25, 0.3) is 0 Å². The molecule has 2 aromatic rings. The van der Waals surface area contributed by atoms with Crippen LogP contribution in [0.15, 0.2) is 30.3 Å². The van der Waals surface area contributed by atoms with Crippen LogP contribution < -0.4 is 5.73 Å². The van der Waals surface area contributed by atoms with Gasteiger partial charge in [0.2, 0.25) is 11.7 Å². The molecule has 3 rings (SSSR count). The third kappa shape index (κ3) is 3.47. The van der Waals surface area contributed by atoms with E-state index in [4.69, 9.17) is 5.73 Å². The zero-order valence-corrected chi connectivity index (χ0v) is 14.1. The highest BCUT2D eigenvalue weighted by Gasteiger charge is 2.41. The molecular weight excluding hydrogens is 359 g/mol. The monoisotopic (exact) mass is 375 g/mol. The Bertz CT molecular complexity index is 760. The first-order valence-corrected chi connectivity index (χ1v) is 7.34. The van der Waals surface area contributed by atoms with Gasteiger partial charge in [-0.3, -0.25) is 4.79 Å². The van der Waals surface area contributed by atoms with Gasteiger partial charge < -0.3 is 15.2 Å². The predicted octanol–water partition coefficient (Wildman–Crippen LogP) is 1.94. The van der Waals surface area contributed by atoms with E-state index in [1.807, 2.05) is 6.07 Å². The van der Waals surface area contributed by atoms with Crippen LogP contribution >= 0.6 is 12.4 Å².